The number of hydrogen-bond acceptors (Lipinski definition) is 5. The predicted octanol–water partition coefficient (Wildman–Crippen LogP) is 4.12. The van der Waals surface area contributed by atoms with Crippen molar-refractivity contribution in [3.63, 3.8) is 0 Å². The van der Waals surface area contributed by atoms with E-state index in [1.165, 1.54) is 19.2 Å². The lowest BCUT2D eigenvalue weighted by Crippen LogP contribution is -2.46. The fourth-order valence-corrected chi connectivity index (χ4v) is 5.21. The molecule has 1 aliphatic heterocycles. The molecule has 7 heteroatoms. The first-order chi connectivity index (χ1) is 16.4. The third-order valence-corrected chi connectivity index (χ3v) is 8.07. The van der Waals surface area contributed by atoms with E-state index in [-0.39, 0.29) is 41.5 Å². The molecule has 0 bridgehead atoms. The van der Waals surface area contributed by atoms with E-state index in [9.17, 15) is 19.2 Å². The number of rotatable bonds is 6. The molecule has 2 fully saturated rings. The highest BCUT2D eigenvalue weighted by atomic mass is 16.5. The molecule has 4 rings (SSSR count). The predicted molar refractivity (Wildman–Crippen MR) is 131 cm³/mol. The maximum absolute atomic E-state index is 13.8. The topological polar surface area (TPSA) is 84.0 Å². The Balaban J connectivity index is 1.65. The number of amides is 3. The molecule has 1 saturated carbocycles. The smallest absolute Gasteiger partial charge is 0.337 e. The molecule has 1 heterocycles. The van der Waals surface area contributed by atoms with Crippen LogP contribution in [0.5, 0.6) is 0 Å². The fraction of sp³-hybridized carbons (Fsp3) is 0.429. The molecule has 0 spiro atoms. The van der Waals surface area contributed by atoms with Crippen molar-refractivity contribution in [1.82, 2.24) is 4.90 Å². The van der Waals surface area contributed by atoms with Crippen LogP contribution in [0.1, 0.15) is 55.6 Å². The van der Waals surface area contributed by atoms with E-state index in [1.54, 1.807) is 17.0 Å². The monoisotopic (exact) mass is 476 g/mol. The summed E-state index contributed by atoms with van der Waals surface area (Å²) in [5.74, 6) is -1.65. The molecular formula is C28H32N2O5. The number of carbonyl (C=O) groups excluding carboxylic acids is 4. The summed E-state index contributed by atoms with van der Waals surface area (Å²) in [5.41, 5.74) is 2.28. The van der Waals surface area contributed by atoms with Crippen LogP contribution < -0.4 is 4.90 Å². The van der Waals surface area contributed by atoms with Gasteiger partial charge in [-0.2, -0.15) is 0 Å². The lowest BCUT2D eigenvalue weighted by atomic mass is 10.0. The summed E-state index contributed by atoms with van der Waals surface area (Å²) in [7, 11) is 1.29. The zero-order valence-electron chi connectivity index (χ0n) is 21.1. The van der Waals surface area contributed by atoms with Crippen molar-refractivity contribution in [3.8, 4) is 0 Å². The van der Waals surface area contributed by atoms with Gasteiger partial charge in [-0.15, -0.1) is 0 Å². The van der Waals surface area contributed by atoms with Gasteiger partial charge in [-0.3, -0.25) is 14.4 Å². The first-order valence-corrected chi connectivity index (χ1v) is 11.8. The molecule has 0 radical (unpaired) electrons. The summed E-state index contributed by atoms with van der Waals surface area (Å²) in [6.07, 6.45) is -0.0806. The number of carbonyl (C=O) groups is 4. The van der Waals surface area contributed by atoms with Gasteiger partial charge in [0.1, 0.15) is 6.04 Å². The van der Waals surface area contributed by atoms with Crippen LogP contribution in [0, 0.1) is 23.7 Å². The molecule has 2 aromatic rings. The van der Waals surface area contributed by atoms with E-state index in [0.717, 1.165) is 16.0 Å². The van der Waals surface area contributed by atoms with Gasteiger partial charge in [-0.05, 0) is 47.6 Å². The molecule has 1 saturated heterocycles. The Morgan fingerprint density at radius 1 is 0.971 bits per heavy atom. The molecular weight excluding hydrogens is 444 g/mol. The van der Waals surface area contributed by atoms with Crippen LogP contribution in [0.2, 0.25) is 0 Å². The van der Waals surface area contributed by atoms with Crippen molar-refractivity contribution in [3.05, 3.63) is 65.2 Å². The second kappa shape index (κ2) is 8.63. The molecule has 184 valence electrons. The van der Waals surface area contributed by atoms with Gasteiger partial charge in [-0.25, -0.2) is 9.69 Å². The van der Waals surface area contributed by atoms with Crippen molar-refractivity contribution >= 4 is 29.4 Å². The Labute approximate surface area is 206 Å². The first-order valence-electron chi connectivity index (χ1n) is 11.8. The van der Waals surface area contributed by atoms with Crippen molar-refractivity contribution in [2.75, 3.05) is 12.0 Å². The maximum Gasteiger partial charge on any atom is 0.337 e. The van der Waals surface area contributed by atoms with Gasteiger partial charge in [-0.1, -0.05) is 57.5 Å². The average Bonchev–Trinajstić information content (AvgIpc) is 3.05. The lowest BCUT2D eigenvalue weighted by molar-refractivity contribution is -0.141. The zero-order valence-corrected chi connectivity index (χ0v) is 21.1. The Bertz CT molecular complexity index is 1170. The third-order valence-electron chi connectivity index (χ3n) is 8.07. The average molecular weight is 477 g/mol. The van der Waals surface area contributed by atoms with Gasteiger partial charge in [0.05, 0.1) is 24.8 Å². The quantitative estimate of drug-likeness (QED) is 0.463. The Hall–Kier alpha value is -3.48. The van der Waals surface area contributed by atoms with E-state index in [4.69, 9.17) is 4.74 Å². The molecule has 35 heavy (non-hydrogen) atoms. The van der Waals surface area contributed by atoms with Crippen LogP contribution in [0.25, 0.3) is 0 Å². The normalized spacial score (nSPS) is 20.6. The Kier molecular flexibility index (Phi) is 6.07. The number of benzene rings is 2. The van der Waals surface area contributed by atoms with E-state index in [2.05, 4.69) is 27.7 Å². The Morgan fingerprint density at radius 3 is 2.06 bits per heavy atom. The minimum absolute atomic E-state index is 0.0806. The van der Waals surface area contributed by atoms with Crippen LogP contribution in [0.15, 0.2) is 48.5 Å². The fourth-order valence-electron chi connectivity index (χ4n) is 5.21. The molecule has 0 aromatic heterocycles. The van der Waals surface area contributed by atoms with Gasteiger partial charge in [0, 0.05) is 12.5 Å². The standard InChI is InChI=1S/C28H32N2O5/c1-17-7-9-18(10-8-17)16-29(25(33)23-27(2,3)28(23,4)5)21-15-22(31)30(24(21)32)20-13-11-19(12-14-20)26(34)35-6/h7-14,21,23H,15-16H2,1-6H3. The summed E-state index contributed by atoms with van der Waals surface area (Å²) in [6.45, 7) is 10.5. The largest absolute Gasteiger partial charge is 0.465 e. The zero-order chi connectivity index (χ0) is 25.7. The van der Waals surface area contributed by atoms with E-state index < -0.39 is 17.9 Å². The lowest BCUT2D eigenvalue weighted by Gasteiger charge is -2.29. The minimum Gasteiger partial charge on any atom is -0.465 e. The summed E-state index contributed by atoms with van der Waals surface area (Å²) in [6, 6.07) is 13.1. The molecule has 1 atom stereocenters. The summed E-state index contributed by atoms with van der Waals surface area (Å²) in [5, 5.41) is 0. The van der Waals surface area contributed by atoms with Gasteiger partial charge < -0.3 is 9.64 Å². The molecule has 0 N–H and O–H groups in total. The highest BCUT2D eigenvalue weighted by Gasteiger charge is 2.69. The third kappa shape index (κ3) is 4.13. The SMILES string of the molecule is COC(=O)c1ccc(N2C(=O)CC(N(Cc3ccc(C)cc3)C(=O)C3C(C)(C)C3(C)C)C2=O)cc1. The number of anilines is 1. The number of nitrogens with zero attached hydrogens (tertiary/aromatic N) is 2. The van der Waals surface area contributed by atoms with Crippen LogP contribution >= 0.6 is 0 Å². The number of hydrogen-bond donors (Lipinski definition) is 0. The molecule has 2 aromatic carbocycles. The van der Waals surface area contributed by atoms with Crippen LogP contribution in [-0.4, -0.2) is 41.7 Å². The van der Waals surface area contributed by atoms with Crippen molar-refractivity contribution in [1.29, 1.82) is 0 Å². The first kappa shape index (κ1) is 24.6. The molecule has 1 aliphatic carbocycles. The number of methoxy groups -OCH3 is 1. The summed E-state index contributed by atoms with van der Waals surface area (Å²) < 4.78 is 4.71. The van der Waals surface area contributed by atoms with E-state index >= 15 is 0 Å². The van der Waals surface area contributed by atoms with Gasteiger partial charge >= 0.3 is 5.97 Å². The summed E-state index contributed by atoms with van der Waals surface area (Å²) in [4.78, 5) is 54.9. The van der Waals surface area contributed by atoms with Crippen molar-refractivity contribution in [2.45, 2.75) is 53.6 Å². The van der Waals surface area contributed by atoms with E-state index in [1.807, 2.05) is 31.2 Å². The van der Waals surface area contributed by atoms with Gasteiger partial charge in [0.25, 0.3) is 5.91 Å². The van der Waals surface area contributed by atoms with Gasteiger partial charge in [0.15, 0.2) is 0 Å². The molecule has 1 unspecified atom stereocenters. The molecule has 2 aliphatic rings. The number of ether oxygens (including phenoxy) is 1. The molecule has 3 amide bonds. The van der Waals surface area contributed by atoms with Crippen LogP contribution in [0.4, 0.5) is 5.69 Å². The van der Waals surface area contributed by atoms with Crippen molar-refractivity contribution in [2.24, 2.45) is 16.7 Å². The summed E-state index contributed by atoms with van der Waals surface area (Å²) >= 11 is 0. The highest BCUT2D eigenvalue weighted by Crippen LogP contribution is 2.69. The molecule has 7 nitrogen and oxygen atoms in total. The minimum atomic E-state index is -0.885. The second-order valence-corrected chi connectivity index (χ2v) is 10.7. The van der Waals surface area contributed by atoms with Gasteiger partial charge in [0.2, 0.25) is 11.8 Å². The maximum atomic E-state index is 13.8. The number of esters is 1. The highest BCUT2D eigenvalue weighted by molar-refractivity contribution is 6.23. The second-order valence-electron chi connectivity index (χ2n) is 10.7. The Morgan fingerprint density at radius 2 is 1.54 bits per heavy atom. The van der Waals surface area contributed by atoms with E-state index in [0.29, 0.717) is 11.3 Å². The van der Waals surface area contributed by atoms with Crippen molar-refractivity contribution < 1.29 is 23.9 Å². The number of imide groups is 1. The van der Waals surface area contributed by atoms with Crippen LogP contribution in [0.3, 0.4) is 0 Å². The van der Waals surface area contributed by atoms with Crippen LogP contribution in [-0.2, 0) is 25.7 Å². The number of aryl methyl sites for hydroxylation is 1.